The summed E-state index contributed by atoms with van der Waals surface area (Å²) < 4.78 is 23.8. The summed E-state index contributed by atoms with van der Waals surface area (Å²) in [5.74, 6) is 0.402. The molecule has 7 nitrogen and oxygen atoms in total. The van der Waals surface area contributed by atoms with E-state index in [1.807, 2.05) is 24.6 Å². The molecule has 2 aliphatic rings. The summed E-state index contributed by atoms with van der Waals surface area (Å²) >= 11 is 1.68. The molecule has 0 aliphatic carbocycles. The standard InChI is InChI=1S/C33H38FN5O2S/c1-6-29(40)38-14-15-39-24(19-38)18-27(36-39)32-30(25-8-7-23(34)17-28(25)41-21(4)5)33-26(11-16-42-33)31(35-32)22-9-12-37(13-10-22)20(2)3/h6-8,11,16-18,20-22H,1,9-10,12-15,19H2,2-5H3. The number of pyridine rings is 1. The number of piperidine rings is 1. The lowest BCUT2D eigenvalue weighted by Crippen LogP contribution is -2.38. The highest BCUT2D eigenvalue weighted by molar-refractivity contribution is 7.17. The minimum atomic E-state index is -0.343. The van der Waals surface area contributed by atoms with Gasteiger partial charge in [0.05, 0.1) is 30.6 Å². The van der Waals surface area contributed by atoms with E-state index >= 15 is 0 Å². The van der Waals surface area contributed by atoms with Gasteiger partial charge in [-0.2, -0.15) is 5.10 Å². The van der Waals surface area contributed by atoms with Gasteiger partial charge in [0.25, 0.3) is 0 Å². The second kappa shape index (κ2) is 11.6. The number of aromatic nitrogens is 3. The molecule has 6 rings (SSSR count). The molecule has 3 aromatic heterocycles. The summed E-state index contributed by atoms with van der Waals surface area (Å²) in [6, 6.07) is 9.50. The molecule has 1 fully saturated rings. The van der Waals surface area contributed by atoms with Gasteiger partial charge < -0.3 is 14.5 Å². The highest BCUT2D eigenvalue weighted by atomic mass is 32.1. The molecule has 0 N–H and O–H groups in total. The first-order valence-electron chi connectivity index (χ1n) is 14.8. The van der Waals surface area contributed by atoms with Crippen LogP contribution in [0, 0.1) is 5.82 Å². The van der Waals surface area contributed by atoms with Crippen molar-refractivity contribution in [1.29, 1.82) is 0 Å². The lowest BCUT2D eigenvalue weighted by molar-refractivity contribution is -0.127. The summed E-state index contributed by atoms with van der Waals surface area (Å²) in [5, 5.41) is 8.29. The summed E-state index contributed by atoms with van der Waals surface area (Å²) in [4.78, 5) is 22.1. The van der Waals surface area contributed by atoms with Crippen LogP contribution in [0.25, 0.3) is 32.6 Å². The fourth-order valence-electron chi connectivity index (χ4n) is 6.24. The Balaban J connectivity index is 1.53. The van der Waals surface area contributed by atoms with Crippen LogP contribution >= 0.6 is 11.3 Å². The number of benzene rings is 1. The number of carbonyl (C=O) groups excluding carboxylic acids is 1. The Morgan fingerprint density at radius 2 is 1.90 bits per heavy atom. The Morgan fingerprint density at radius 3 is 2.62 bits per heavy atom. The van der Waals surface area contributed by atoms with Crippen LogP contribution in [0.5, 0.6) is 5.75 Å². The molecular formula is C33H38FN5O2S. The van der Waals surface area contributed by atoms with Gasteiger partial charge in [0.2, 0.25) is 5.91 Å². The molecule has 220 valence electrons. The number of carbonyl (C=O) groups is 1. The van der Waals surface area contributed by atoms with Crippen LogP contribution in [-0.4, -0.2) is 62.3 Å². The zero-order valence-electron chi connectivity index (χ0n) is 24.8. The second-order valence-electron chi connectivity index (χ2n) is 11.8. The quantitative estimate of drug-likeness (QED) is 0.221. The third kappa shape index (κ3) is 5.36. The number of nitrogens with zero attached hydrogens (tertiary/aromatic N) is 5. The maximum Gasteiger partial charge on any atom is 0.246 e. The normalized spacial score (nSPS) is 16.4. The van der Waals surface area contributed by atoms with Crippen molar-refractivity contribution in [3.8, 4) is 28.3 Å². The number of fused-ring (bicyclic) bond motifs is 2. The minimum absolute atomic E-state index is 0.0837. The number of hydrogen-bond donors (Lipinski definition) is 0. The van der Waals surface area contributed by atoms with Crippen molar-refractivity contribution in [2.75, 3.05) is 19.6 Å². The first-order chi connectivity index (χ1) is 20.2. The van der Waals surface area contributed by atoms with Gasteiger partial charge in [0.15, 0.2) is 0 Å². The van der Waals surface area contributed by atoms with Crippen LogP contribution in [-0.2, 0) is 17.9 Å². The SMILES string of the molecule is C=CC(=O)N1CCn2nc(-c3nc(C4CCN(C(C)C)CC4)c4ccsc4c3-c3ccc(F)cc3OC(C)C)cc2C1. The van der Waals surface area contributed by atoms with Crippen LogP contribution in [0.3, 0.4) is 0 Å². The number of rotatable bonds is 7. The Kier molecular flexibility index (Phi) is 7.89. The number of thiophene rings is 1. The maximum absolute atomic E-state index is 14.5. The van der Waals surface area contributed by atoms with E-state index in [0.717, 1.165) is 69.9 Å². The van der Waals surface area contributed by atoms with Gasteiger partial charge in [-0.3, -0.25) is 9.48 Å². The van der Waals surface area contributed by atoms with Gasteiger partial charge in [-0.25, -0.2) is 9.37 Å². The molecule has 0 spiro atoms. The molecule has 4 aromatic rings. The third-order valence-corrected chi connectivity index (χ3v) is 9.32. The Bertz CT molecular complexity index is 1630. The highest BCUT2D eigenvalue weighted by Gasteiger charge is 2.30. The van der Waals surface area contributed by atoms with E-state index < -0.39 is 0 Å². The van der Waals surface area contributed by atoms with Gasteiger partial charge in [-0.1, -0.05) is 6.58 Å². The van der Waals surface area contributed by atoms with Gasteiger partial charge in [-0.15, -0.1) is 11.3 Å². The maximum atomic E-state index is 14.5. The van der Waals surface area contributed by atoms with Crippen LogP contribution in [0.4, 0.5) is 4.39 Å². The van der Waals surface area contributed by atoms with Crippen molar-refractivity contribution < 1.29 is 13.9 Å². The number of halogens is 1. The fraction of sp³-hybridized carbons (Fsp3) is 0.424. The monoisotopic (exact) mass is 587 g/mol. The van der Waals surface area contributed by atoms with Crippen molar-refractivity contribution in [3.05, 3.63) is 65.6 Å². The summed E-state index contributed by atoms with van der Waals surface area (Å²) in [6.45, 7) is 15.8. The number of ether oxygens (including phenoxy) is 1. The average molecular weight is 588 g/mol. The minimum Gasteiger partial charge on any atom is -0.490 e. The summed E-state index contributed by atoms with van der Waals surface area (Å²) in [7, 11) is 0. The van der Waals surface area contributed by atoms with E-state index in [-0.39, 0.29) is 17.8 Å². The van der Waals surface area contributed by atoms with Crippen LogP contribution in [0.2, 0.25) is 0 Å². The largest absolute Gasteiger partial charge is 0.490 e. The molecule has 42 heavy (non-hydrogen) atoms. The van der Waals surface area contributed by atoms with Crippen molar-refractivity contribution in [3.63, 3.8) is 0 Å². The number of likely N-dealkylation sites (tertiary alicyclic amines) is 1. The Labute approximate surface area is 250 Å². The van der Waals surface area contributed by atoms with E-state index in [0.29, 0.717) is 37.3 Å². The van der Waals surface area contributed by atoms with Gasteiger partial charge in [-0.05, 0) is 89.3 Å². The van der Waals surface area contributed by atoms with Crippen LogP contribution in [0.1, 0.15) is 57.8 Å². The average Bonchev–Trinajstić information content (AvgIpc) is 3.63. The zero-order valence-corrected chi connectivity index (χ0v) is 25.6. The number of amides is 1. The lowest BCUT2D eigenvalue weighted by atomic mass is 9.89. The molecule has 2 aliphatic heterocycles. The molecular weight excluding hydrogens is 549 g/mol. The predicted molar refractivity (Wildman–Crippen MR) is 166 cm³/mol. The van der Waals surface area contributed by atoms with E-state index in [1.165, 1.54) is 18.2 Å². The number of hydrogen-bond acceptors (Lipinski definition) is 6. The van der Waals surface area contributed by atoms with Crippen LogP contribution in [0.15, 0.2) is 48.4 Å². The van der Waals surface area contributed by atoms with Crippen molar-refractivity contribution in [1.82, 2.24) is 24.6 Å². The zero-order chi connectivity index (χ0) is 29.5. The summed E-state index contributed by atoms with van der Waals surface area (Å²) in [5.41, 5.74) is 5.30. The van der Waals surface area contributed by atoms with Gasteiger partial charge in [0, 0.05) is 45.8 Å². The first-order valence-corrected chi connectivity index (χ1v) is 15.7. The van der Waals surface area contributed by atoms with Crippen molar-refractivity contribution in [2.45, 2.75) is 71.7 Å². The molecule has 1 aromatic carbocycles. The van der Waals surface area contributed by atoms with E-state index in [2.05, 4.69) is 36.8 Å². The van der Waals surface area contributed by atoms with E-state index in [4.69, 9.17) is 14.8 Å². The first kappa shape index (κ1) is 28.6. The van der Waals surface area contributed by atoms with Crippen LogP contribution < -0.4 is 4.74 Å². The molecule has 1 amide bonds. The van der Waals surface area contributed by atoms with E-state index in [9.17, 15) is 9.18 Å². The van der Waals surface area contributed by atoms with Gasteiger partial charge >= 0.3 is 0 Å². The predicted octanol–water partition coefficient (Wildman–Crippen LogP) is 6.87. The van der Waals surface area contributed by atoms with Crippen molar-refractivity contribution in [2.24, 2.45) is 0 Å². The molecule has 0 bridgehead atoms. The Morgan fingerprint density at radius 1 is 1.12 bits per heavy atom. The smallest absolute Gasteiger partial charge is 0.246 e. The molecule has 1 saturated heterocycles. The summed E-state index contributed by atoms with van der Waals surface area (Å²) in [6.07, 6.45) is 3.33. The second-order valence-corrected chi connectivity index (χ2v) is 12.7. The Hall–Kier alpha value is -3.56. The van der Waals surface area contributed by atoms with Crippen molar-refractivity contribution >= 4 is 27.3 Å². The van der Waals surface area contributed by atoms with E-state index in [1.54, 1.807) is 22.3 Å². The molecule has 0 radical (unpaired) electrons. The third-order valence-electron chi connectivity index (χ3n) is 8.39. The van der Waals surface area contributed by atoms with Gasteiger partial charge in [0.1, 0.15) is 23.0 Å². The lowest BCUT2D eigenvalue weighted by Gasteiger charge is -2.34. The fourth-order valence-corrected chi connectivity index (χ4v) is 7.20. The molecule has 0 saturated carbocycles. The molecule has 0 atom stereocenters. The molecule has 9 heteroatoms. The topological polar surface area (TPSA) is 63.5 Å². The highest BCUT2D eigenvalue weighted by Crippen LogP contribution is 2.46. The molecule has 0 unspecified atom stereocenters. The molecule has 5 heterocycles.